The number of hydrogen-bond donors (Lipinski definition) is 2. The van der Waals surface area contributed by atoms with Crippen LogP contribution in [0.25, 0.3) is 0 Å². The zero-order valence-corrected chi connectivity index (χ0v) is 9.26. The fourth-order valence-corrected chi connectivity index (χ4v) is 1.92. The summed E-state index contributed by atoms with van der Waals surface area (Å²) >= 11 is 0. The molecule has 92 valence electrons. The molecule has 0 aromatic carbocycles. The van der Waals surface area contributed by atoms with Gasteiger partial charge in [-0.1, -0.05) is 0 Å². The standard InChI is InChI=1S/C10H17NO5/c1-16-6-8(2-3-12)11-5-7(10(14)15)4-9(11)13/h7-8,12H,2-6H2,1H3,(H,14,15). The highest BCUT2D eigenvalue weighted by molar-refractivity contribution is 5.86. The fraction of sp³-hybridized carbons (Fsp3) is 0.800. The van der Waals surface area contributed by atoms with Crippen molar-refractivity contribution in [3.8, 4) is 0 Å². The Balaban J connectivity index is 2.63. The van der Waals surface area contributed by atoms with Crippen LogP contribution in [0.2, 0.25) is 0 Å². The van der Waals surface area contributed by atoms with Crippen LogP contribution in [-0.4, -0.2) is 59.9 Å². The van der Waals surface area contributed by atoms with E-state index in [0.29, 0.717) is 13.0 Å². The summed E-state index contributed by atoms with van der Waals surface area (Å²) in [6.07, 6.45) is 0.451. The van der Waals surface area contributed by atoms with Crippen molar-refractivity contribution in [1.82, 2.24) is 4.90 Å². The number of aliphatic carboxylic acids is 1. The van der Waals surface area contributed by atoms with E-state index in [-0.39, 0.29) is 31.5 Å². The molecule has 6 nitrogen and oxygen atoms in total. The Morgan fingerprint density at radius 2 is 2.38 bits per heavy atom. The molecule has 0 radical (unpaired) electrons. The number of carboxylic acids is 1. The Morgan fingerprint density at radius 3 is 2.81 bits per heavy atom. The van der Waals surface area contributed by atoms with E-state index < -0.39 is 11.9 Å². The predicted octanol–water partition coefficient (Wildman–Crippen LogP) is -0.683. The van der Waals surface area contributed by atoms with Crippen molar-refractivity contribution in [3.05, 3.63) is 0 Å². The summed E-state index contributed by atoms with van der Waals surface area (Å²) in [6, 6.07) is -0.230. The summed E-state index contributed by atoms with van der Waals surface area (Å²) in [7, 11) is 1.51. The predicted molar refractivity (Wildman–Crippen MR) is 54.8 cm³/mol. The first-order chi connectivity index (χ1) is 7.60. The smallest absolute Gasteiger partial charge is 0.308 e. The van der Waals surface area contributed by atoms with Crippen LogP contribution >= 0.6 is 0 Å². The minimum atomic E-state index is -0.948. The van der Waals surface area contributed by atoms with Crippen LogP contribution in [0.3, 0.4) is 0 Å². The molecule has 2 atom stereocenters. The number of carbonyl (C=O) groups excluding carboxylic acids is 1. The number of rotatable bonds is 6. The van der Waals surface area contributed by atoms with E-state index >= 15 is 0 Å². The van der Waals surface area contributed by atoms with Gasteiger partial charge in [-0.2, -0.15) is 0 Å². The molecule has 1 aliphatic rings. The molecule has 2 unspecified atom stereocenters. The molecule has 1 amide bonds. The van der Waals surface area contributed by atoms with E-state index in [1.165, 1.54) is 12.0 Å². The Labute approximate surface area is 93.8 Å². The van der Waals surface area contributed by atoms with Crippen molar-refractivity contribution >= 4 is 11.9 Å². The average molecular weight is 231 g/mol. The number of nitrogens with zero attached hydrogens (tertiary/aromatic N) is 1. The lowest BCUT2D eigenvalue weighted by Gasteiger charge is -2.26. The van der Waals surface area contributed by atoms with Gasteiger partial charge in [0.2, 0.25) is 5.91 Å². The van der Waals surface area contributed by atoms with E-state index in [1.54, 1.807) is 0 Å². The van der Waals surface area contributed by atoms with Crippen molar-refractivity contribution < 1.29 is 24.5 Å². The Bertz CT molecular complexity index is 262. The van der Waals surface area contributed by atoms with Crippen molar-refractivity contribution in [3.63, 3.8) is 0 Å². The van der Waals surface area contributed by atoms with Gasteiger partial charge in [-0.3, -0.25) is 9.59 Å². The first kappa shape index (κ1) is 12.9. The third-order valence-electron chi connectivity index (χ3n) is 2.77. The van der Waals surface area contributed by atoms with E-state index in [0.717, 1.165) is 0 Å². The molecule has 0 aromatic rings. The number of hydrogen-bond acceptors (Lipinski definition) is 4. The molecular weight excluding hydrogens is 214 g/mol. The summed E-state index contributed by atoms with van der Waals surface area (Å²) in [5.41, 5.74) is 0. The number of carboxylic acid groups (broad SMARTS) is 1. The van der Waals surface area contributed by atoms with Crippen LogP contribution in [-0.2, 0) is 14.3 Å². The summed E-state index contributed by atoms with van der Waals surface area (Å²) in [5.74, 6) is -1.76. The first-order valence-corrected chi connectivity index (χ1v) is 5.22. The molecule has 0 aromatic heterocycles. The fourth-order valence-electron chi connectivity index (χ4n) is 1.92. The van der Waals surface area contributed by atoms with Gasteiger partial charge in [0, 0.05) is 26.7 Å². The van der Waals surface area contributed by atoms with Crippen LogP contribution in [0.15, 0.2) is 0 Å². The van der Waals surface area contributed by atoms with E-state index in [2.05, 4.69) is 0 Å². The summed E-state index contributed by atoms with van der Waals surface area (Å²) < 4.78 is 4.96. The van der Waals surface area contributed by atoms with Gasteiger partial charge in [0.15, 0.2) is 0 Å². The van der Waals surface area contributed by atoms with Crippen LogP contribution in [0, 0.1) is 5.92 Å². The zero-order valence-electron chi connectivity index (χ0n) is 9.26. The van der Waals surface area contributed by atoms with Crippen LogP contribution < -0.4 is 0 Å². The second-order valence-corrected chi connectivity index (χ2v) is 3.91. The number of amides is 1. The number of methoxy groups -OCH3 is 1. The van der Waals surface area contributed by atoms with Crippen LogP contribution in [0.5, 0.6) is 0 Å². The maximum absolute atomic E-state index is 11.6. The van der Waals surface area contributed by atoms with Gasteiger partial charge in [-0.25, -0.2) is 0 Å². The number of aliphatic hydroxyl groups is 1. The minimum absolute atomic E-state index is 0.0426. The van der Waals surface area contributed by atoms with Crippen molar-refractivity contribution in [2.75, 3.05) is 26.9 Å². The number of carbonyl (C=O) groups is 2. The van der Waals surface area contributed by atoms with Crippen LogP contribution in [0.4, 0.5) is 0 Å². The molecule has 6 heteroatoms. The van der Waals surface area contributed by atoms with Gasteiger partial charge in [-0.15, -0.1) is 0 Å². The third-order valence-corrected chi connectivity index (χ3v) is 2.77. The van der Waals surface area contributed by atoms with Crippen LogP contribution in [0.1, 0.15) is 12.8 Å². The molecule has 16 heavy (non-hydrogen) atoms. The Morgan fingerprint density at radius 1 is 1.69 bits per heavy atom. The van der Waals surface area contributed by atoms with Gasteiger partial charge in [-0.05, 0) is 6.42 Å². The molecule has 1 heterocycles. The molecule has 1 fully saturated rings. The third kappa shape index (κ3) is 2.93. The first-order valence-electron chi connectivity index (χ1n) is 5.22. The number of aliphatic hydroxyl groups excluding tert-OH is 1. The Hall–Kier alpha value is -1.14. The quantitative estimate of drug-likeness (QED) is 0.632. The summed E-state index contributed by atoms with van der Waals surface area (Å²) in [6.45, 7) is 0.483. The topological polar surface area (TPSA) is 87.1 Å². The molecule has 1 aliphatic heterocycles. The molecule has 0 aliphatic carbocycles. The highest BCUT2D eigenvalue weighted by Gasteiger charge is 2.37. The van der Waals surface area contributed by atoms with E-state index in [1.807, 2.05) is 0 Å². The number of ether oxygens (including phenoxy) is 1. The van der Waals surface area contributed by atoms with E-state index in [4.69, 9.17) is 14.9 Å². The molecule has 1 rings (SSSR count). The van der Waals surface area contributed by atoms with Gasteiger partial charge in [0.25, 0.3) is 0 Å². The average Bonchev–Trinajstić information content (AvgIpc) is 2.60. The highest BCUT2D eigenvalue weighted by Crippen LogP contribution is 2.21. The lowest BCUT2D eigenvalue weighted by atomic mass is 10.1. The van der Waals surface area contributed by atoms with Gasteiger partial charge in [0.05, 0.1) is 18.6 Å². The lowest BCUT2D eigenvalue weighted by molar-refractivity contribution is -0.141. The summed E-state index contributed by atoms with van der Waals surface area (Å²) in [5, 5.41) is 17.7. The minimum Gasteiger partial charge on any atom is -0.481 e. The normalized spacial score (nSPS) is 22.5. The number of likely N-dealkylation sites (tertiary alicyclic amines) is 1. The molecule has 0 saturated carbocycles. The molecule has 2 N–H and O–H groups in total. The largest absolute Gasteiger partial charge is 0.481 e. The van der Waals surface area contributed by atoms with Crippen molar-refractivity contribution in [1.29, 1.82) is 0 Å². The zero-order chi connectivity index (χ0) is 12.1. The monoisotopic (exact) mass is 231 g/mol. The van der Waals surface area contributed by atoms with Crippen molar-refractivity contribution in [2.24, 2.45) is 5.92 Å². The highest BCUT2D eigenvalue weighted by atomic mass is 16.5. The van der Waals surface area contributed by atoms with Gasteiger partial charge >= 0.3 is 5.97 Å². The molecular formula is C10H17NO5. The molecule has 0 bridgehead atoms. The SMILES string of the molecule is COCC(CCO)N1CC(C(=O)O)CC1=O. The second kappa shape index (κ2) is 5.81. The molecule has 1 saturated heterocycles. The summed E-state index contributed by atoms with van der Waals surface area (Å²) in [4.78, 5) is 23.9. The Kier molecular flexibility index (Phi) is 4.70. The van der Waals surface area contributed by atoms with E-state index in [9.17, 15) is 9.59 Å². The lowest BCUT2D eigenvalue weighted by Crippen LogP contribution is -2.40. The van der Waals surface area contributed by atoms with Gasteiger partial charge in [0.1, 0.15) is 0 Å². The maximum atomic E-state index is 11.6. The van der Waals surface area contributed by atoms with Gasteiger partial charge < -0.3 is 19.8 Å². The molecule has 0 spiro atoms. The maximum Gasteiger partial charge on any atom is 0.308 e. The second-order valence-electron chi connectivity index (χ2n) is 3.91. The van der Waals surface area contributed by atoms with Crippen molar-refractivity contribution in [2.45, 2.75) is 18.9 Å².